The number of sulfonamides is 2. The molecule has 9 nitrogen and oxygen atoms in total. The molecule has 1 atom stereocenters. The molecule has 1 aliphatic heterocycles. The predicted molar refractivity (Wildman–Crippen MR) is 130 cm³/mol. The Labute approximate surface area is 198 Å². The Kier molecular flexibility index (Phi) is 6.24. The Morgan fingerprint density at radius 3 is 2.32 bits per heavy atom. The van der Waals surface area contributed by atoms with E-state index >= 15 is 0 Å². The lowest BCUT2D eigenvalue weighted by Crippen LogP contribution is -2.48. The number of aryl methyl sites for hydroxylation is 1. The van der Waals surface area contributed by atoms with E-state index in [1.807, 2.05) is 13.0 Å². The minimum Gasteiger partial charge on any atom is -0.476 e. The third-order valence-corrected chi connectivity index (χ3v) is 7.67. The summed E-state index contributed by atoms with van der Waals surface area (Å²) >= 11 is 0. The number of nitrogens with zero attached hydrogens (tertiary/aromatic N) is 1. The first-order valence-corrected chi connectivity index (χ1v) is 13.6. The molecule has 34 heavy (non-hydrogen) atoms. The zero-order chi connectivity index (χ0) is 24.5. The molecular weight excluding hydrogens is 478 g/mol. The van der Waals surface area contributed by atoms with E-state index in [0.717, 1.165) is 16.1 Å². The highest BCUT2D eigenvalue weighted by Crippen LogP contribution is 2.34. The van der Waals surface area contributed by atoms with Crippen molar-refractivity contribution in [2.75, 3.05) is 27.1 Å². The largest absolute Gasteiger partial charge is 0.476 e. The molecule has 4 rings (SSSR count). The standard InChI is InChI=1S/C23H23N3O6S2/c1-16-6-5-7-18(14-16)25-34(30,31)19-12-10-17(11-13-19)24-23(27)22-15-26(33(2,28)29)20-8-3-4-9-21(20)32-22/h3-14,22,25H,15H2,1-2H3,(H,24,27)/t22-/m1/s1. The number of fused-ring (bicyclic) bond motifs is 1. The normalized spacial score (nSPS) is 15.7. The van der Waals surface area contributed by atoms with Gasteiger partial charge in [-0.2, -0.15) is 0 Å². The van der Waals surface area contributed by atoms with Gasteiger partial charge in [-0.3, -0.25) is 13.8 Å². The van der Waals surface area contributed by atoms with Gasteiger partial charge in [-0.15, -0.1) is 0 Å². The number of rotatable bonds is 6. The van der Waals surface area contributed by atoms with Crippen LogP contribution in [0.4, 0.5) is 17.1 Å². The lowest BCUT2D eigenvalue weighted by Gasteiger charge is -2.33. The Morgan fingerprint density at radius 1 is 0.941 bits per heavy atom. The van der Waals surface area contributed by atoms with Crippen LogP contribution in [0.2, 0.25) is 0 Å². The van der Waals surface area contributed by atoms with Crippen molar-refractivity contribution < 1.29 is 26.4 Å². The number of amides is 1. The lowest BCUT2D eigenvalue weighted by atomic mass is 10.2. The van der Waals surface area contributed by atoms with Crippen LogP contribution in [-0.2, 0) is 24.8 Å². The highest BCUT2D eigenvalue weighted by molar-refractivity contribution is 7.92. The fourth-order valence-corrected chi connectivity index (χ4v) is 5.48. The zero-order valence-electron chi connectivity index (χ0n) is 18.4. The molecule has 0 saturated carbocycles. The van der Waals surface area contributed by atoms with Crippen LogP contribution in [0.1, 0.15) is 5.56 Å². The number of benzene rings is 3. The second-order valence-corrected chi connectivity index (χ2v) is 11.4. The van der Waals surface area contributed by atoms with Crippen molar-refractivity contribution in [3.63, 3.8) is 0 Å². The number of anilines is 3. The summed E-state index contributed by atoms with van der Waals surface area (Å²) in [5.41, 5.74) is 2.07. The van der Waals surface area contributed by atoms with Gasteiger partial charge in [0, 0.05) is 11.4 Å². The number of hydrogen-bond donors (Lipinski definition) is 2. The molecule has 0 aromatic heterocycles. The smallest absolute Gasteiger partial charge is 0.267 e. The van der Waals surface area contributed by atoms with E-state index in [4.69, 9.17) is 4.74 Å². The summed E-state index contributed by atoms with van der Waals surface area (Å²) in [7, 11) is -7.44. The number of para-hydroxylation sites is 2. The molecule has 178 valence electrons. The van der Waals surface area contributed by atoms with Crippen LogP contribution < -0.4 is 19.1 Å². The molecule has 3 aromatic carbocycles. The van der Waals surface area contributed by atoms with Crippen molar-refractivity contribution in [3.8, 4) is 5.75 Å². The van der Waals surface area contributed by atoms with Gasteiger partial charge >= 0.3 is 0 Å². The molecular formula is C23H23N3O6S2. The van der Waals surface area contributed by atoms with Gasteiger partial charge < -0.3 is 10.1 Å². The number of carbonyl (C=O) groups excluding carboxylic acids is 1. The molecule has 0 bridgehead atoms. The minimum atomic E-state index is -3.81. The maximum absolute atomic E-state index is 12.8. The number of ether oxygens (including phenoxy) is 1. The quantitative estimate of drug-likeness (QED) is 0.536. The number of hydrogen-bond acceptors (Lipinski definition) is 6. The van der Waals surface area contributed by atoms with Gasteiger partial charge in [-0.05, 0) is 61.0 Å². The minimum absolute atomic E-state index is 0.0260. The van der Waals surface area contributed by atoms with Crippen LogP contribution in [0.15, 0.2) is 77.7 Å². The van der Waals surface area contributed by atoms with Crippen LogP contribution in [0.5, 0.6) is 5.75 Å². The maximum Gasteiger partial charge on any atom is 0.267 e. The summed E-state index contributed by atoms with van der Waals surface area (Å²) in [6.07, 6.45) is -0.0235. The van der Waals surface area contributed by atoms with Crippen molar-refractivity contribution in [1.82, 2.24) is 0 Å². The van der Waals surface area contributed by atoms with E-state index in [2.05, 4.69) is 10.0 Å². The van der Waals surface area contributed by atoms with E-state index in [9.17, 15) is 21.6 Å². The van der Waals surface area contributed by atoms with Gasteiger partial charge in [-0.1, -0.05) is 24.3 Å². The summed E-state index contributed by atoms with van der Waals surface area (Å²) in [5.74, 6) is -0.278. The molecule has 2 N–H and O–H groups in total. The summed E-state index contributed by atoms with van der Waals surface area (Å²) < 4.78 is 59.2. The van der Waals surface area contributed by atoms with Crippen LogP contribution in [0.25, 0.3) is 0 Å². The molecule has 0 radical (unpaired) electrons. The van der Waals surface area contributed by atoms with Crippen LogP contribution in [-0.4, -0.2) is 41.6 Å². The first kappa shape index (κ1) is 23.6. The summed E-state index contributed by atoms with van der Waals surface area (Å²) in [6, 6.07) is 19.2. The molecule has 3 aromatic rings. The van der Waals surface area contributed by atoms with Crippen molar-refractivity contribution in [2.24, 2.45) is 0 Å². The van der Waals surface area contributed by atoms with Gasteiger partial charge in [0.2, 0.25) is 10.0 Å². The molecule has 11 heteroatoms. The van der Waals surface area contributed by atoms with Crippen LogP contribution >= 0.6 is 0 Å². The molecule has 0 fully saturated rings. The molecule has 0 saturated heterocycles. The van der Waals surface area contributed by atoms with Gasteiger partial charge in [-0.25, -0.2) is 16.8 Å². The summed E-state index contributed by atoms with van der Waals surface area (Å²) in [4.78, 5) is 12.8. The highest BCUT2D eigenvalue weighted by atomic mass is 32.2. The fraction of sp³-hybridized carbons (Fsp3) is 0.174. The first-order valence-electron chi connectivity index (χ1n) is 10.3. The Bertz CT molecular complexity index is 1440. The Hall–Kier alpha value is -3.57. The van der Waals surface area contributed by atoms with Crippen LogP contribution in [0.3, 0.4) is 0 Å². The second-order valence-electron chi connectivity index (χ2n) is 7.86. The fourth-order valence-electron chi connectivity index (χ4n) is 3.52. The monoisotopic (exact) mass is 501 g/mol. The van der Waals surface area contributed by atoms with Crippen molar-refractivity contribution in [3.05, 3.63) is 78.4 Å². The molecule has 0 spiro atoms. The average molecular weight is 502 g/mol. The van der Waals surface area contributed by atoms with Gasteiger partial charge in [0.25, 0.3) is 15.9 Å². The van der Waals surface area contributed by atoms with E-state index in [-0.39, 0.29) is 17.2 Å². The van der Waals surface area contributed by atoms with Gasteiger partial charge in [0.05, 0.1) is 23.4 Å². The second kappa shape index (κ2) is 8.99. The van der Waals surface area contributed by atoms with E-state index in [0.29, 0.717) is 17.1 Å². The Balaban J connectivity index is 1.48. The maximum atomic E-state index is 12.8. The van der Waals surface area contributed by atoms with Crippen molar-refractivity contribution in [2.45, 2.75) is 17.9 Å². The highest BCUT2D eigenvalue weighted by Gasteiger charge is 2.34. The van der Waals surface area contributed by atoms with Crippen molar-refractivity contribution >= 4 is 43.0 Å². The molecule has 1 amide bonds. The SMILES string of the molecule is Cc1cccc(NS(=O)(=O)c2ccc(NC(=O)[C@H]3CN(S(C)(=O)=O)c4ccccc4O3)cc2)c1. The predicted octanol–water partition coefficient (Wildman–Crippen LogP) is 2.96. The van der Waals surface area contributed by atoms with Gasteiger partial charge in [0.1, 0.15) is 5.75 Å². The number of carbonyl (C=O) groups is 1. The van der Waals surface area contributed by atoms with E-state index in [1.165, 1.54) is 24.3 Å². The topological polar surface area (TPSA) is 122 Å². The molecule has 0 unspecified atom stereocenters. The number of nitrogens with one attached hydrogen (secondary N) is 2. The van der Waals surface area contributed by atoms with Crippen LogP contribution in [0, 0.1) is 6.92 Å². The zero-order valence-corrected chi connectivity index (χ0v) is 20.1. The van der Waals surface area contributed by atoms with Gasteiger partial charge in [0.15, 0.2) is 6.10 Å². The third-order valence-electron chi connectivity index (χ3n) is 5.13. The van der Waals surface area contributed by atoms with Crippen molar-refractivity contribution in [1.29, 1.82) is 0 Å². The Morgan fingerprint density at radius 2 is 1.65 bits per heavy atom. The summed E-state index contributed by atoms with van der Waals surface area (Å²) in [5, 5.41) is 2.65. The first-order chi connectivity index (χ1) is 16.0. The average Bonchev–Trinajstić information content (AvgIpc) is 2.77. The third kappa shape index (κ3) is 5.15. The molecule has 1 heterocycles. The van der Waals surface area contributed by atoms with E-state index < -0.39 is 32.1 Å². The summed E-state index contributed by atoms with van der Waals surface area (Å²) in [6.45, 7) is 1.67. The van der Waals surface area contributed by atoms with E-state index in [1.54, 1.807) is 42.5 Å². The lowest BCUT2D eigenvalue weighted by molar-refractivity contribution is -0.122. The molecule has 1 aliphatic rings. The molecule has 0 aliphatic carbocycles.